The van der Waals surface area contributed by atoms with E-state index in [-0.39, 0.29) is 5.78 Å². The molecule has 0 aliphatic carbocycles. The number of benzene rings is 1. The van der Waals surface area contributed by atoms with Crippen molar-refractivity contribution in [3.05, 3.63) is 64.4 Å². The maximum absolute atomic E-state index is 12.2. The standard InChI is InChI=1S/C17H17ClN2O/c18-17-6-5-15(11-20-17)16(21)9-12-1-3-13(4-2-12)14-7-8-19-10-14/h1-6,11,14,19H,7-10H2. The number of nitrogens with zero attached hydrogens (tertiary/aromatic N) is 1. The van der Waals surface area contributed by atoms with Crippen LogP contribution in [0.4, 0.5) is 0 Å². The van der Waals surface area contributed by atoms with E-state index in [1.165, 1.54) is 18.2 Å². The zero-order valence-corrected chi connectivity index (χ0v) is 12.4. The number of carbonyl (C=O) groups is 1. The smallest absolute Gasteiger partial charge is 0.168 e. The van der Waals surface area contributed by atoms with E-state index in [0.717, 1.165) is 18.7 Å². The van der Waals surface area contributed by atoms with Crippen LogP contribution in [0, 0.1) is 0 Å². The zero-order chi connectivity index (χ0) is 14.7. The van der Waals surface area contributed by atoms with Crippen LogP contribution in [0.15, 0.2) is 42.6 Å². The van der Waals surface area contributed by atoms with Gasteiger partial charge in [-0.2, -0.15) is 0 Å². The molecule has 1 aliphatic rings. The minimum Gasteiger partial charge on any atom is -0.316 e. The van der Waals surface area contributed by atoms with Crippen LogP contribution in [-0.4, -0.2) is 23.9 Å². The van der Waals surface area contributed by atoms with Crippen LogP contribution in [0.5, 0.6) is 0 Å². The van der Waals surface area contributed by atoms with Gasteiger partial charge in [-0.25, -0.2) is 4.98 Å². The SMILES string of the molecule is O=C(Cc1ccc(C2CCNC2)cc1)c1ccc(Cl)nc1. The van der Waals surface area contributed by atoms with Crippen LogP contribution >= 0.6 is 11.6 Å². The highest BCUT2D eigenvalue weighted by molar-refractivity contribution is 6.29. The minimum atomic E-state index is 0.0643. The summed E-state index contributed by atoms with van der Waals surface area (Å²) < 4.78 is 0. The molecule has 0 radical (unpaired) electrons. The van der Waals surface area contributed by atoms with Crippen LogP contribution in [0.25, 0.3) is 0 Å². The third kappa shape index (κ3) is 3.49. The number of aromatic nitrogens is 1. The maximum Gasteiger partial charge on any atom is 0.168 e. The molecule has 1 aromatic carbocycles. The molecule has 3 nitrogen and oxygen atoms in total. The molecule has 3 rings (SSSR count). The summed E-state index contributed by atoms with van der Waals surface area (Å²) in [5.41, 5.74) is 2.98. The second kappa shape index (κ2) is 6.37. The maximum atomic E-state index is 12.2. The Balaban J connectivity index is 1.67. The lowest BCUT2D eigenvalue weighted by atomic mass is 9.96. The fourth-order valence-electron chi connectivity index (χ4n) is 2.68. The highest BCUT2D eigenvalue weighted by atomic mass is 35.5. The summed E-state index contributed by atoms with van der Waals surface area (Å²) in [6.07, 6.45) is 3.12. The first-order valence-electron chi connectivity index (χ1n) is 7.17. The Morgan fingerprint density at radius 2 is 2.05 bits per heavy atom. The van der Waals surface area contributed by atoms with Crippen molar-refractivity contribution >= 4 is 17.4 Å². The highest BCUT2D eigenvalue weighted by Gasteiger charge is 2.16. The highest BCUT2D eigenvalue weighted by Crippen LogP contribution is 2.22. The van der Waals surface area contributed by atoms with Crippen LogP contribution in [0.2, 0.25) is 5.15 Å². The van der Waals surface area contributed by atoms with Gasteiger partial charge in [-0.3, -0.25) is 4.79 Å². The van der Waals surface area contributed by atoms with E-state index < -0.39 is 0 Å². The second-order valence-electron chi connectivity index (χ2n) is 5.40. The van der Waals surface area contributed by atoms with E-state index in [1.54, 1.807) is 12.1 Å². The van der Waals surface area contributed by atoms with Gasteiger partial charge in [-0.15, -0.1) is 0 Å². The Hall–Kier alpha value is -1.71. The number of halogens is 1. The largest absolute Gasteiger partial charge is 0.316 e. The Morgan fingerprint density at radius 1 is 1.24 bits per heavy atom. The van der Waals surface area contributed by atoms with Gasteiger partial charge in [0.05, 0.1) is 0 Å². The van der Waals surface area contributed by atoms with Crippen LogP contribution in [0.1, 0.15) is 33.8 Å². The summed E-state index contributed by atoms with van der Waals surface area (Å²) in [6, 6.07) is 11.7. The molecular weight excluding hydrogens is 284 g/mol. The molecule has 1 atom stereocenters. The van der Waals surface area contributed by atoms with Gasteiger partial charge in [-0.05, 0) is 42.1 Å². The zero-order valence-electron chi connectivity index (χ0n) is 11.7. The van der Waals surface area contributed by atoms with E-state index in [4.69, 9.17) is 11.6 Å². The van der Waals surface area contributed by atoms with E-state index in [9.17, 15) is 4.79 Å². The number of ketones is 1. The molecule has 2 aromatic rings. The monoisotopic (exact) mass is 300 g/mol. The van der Waals surface area contributed by atoms with Gasteiger partial charge in [0.15, 0.2) is 5.78 Å². The third-order valence-corrected chi connectivity index (χ3v) is 4.15. The predicted molar refractivity (Wildman–Crippen MR) is 84.0 cm³/mol. The average Bonchev–Trinajstić information content (AvgIpc) is 3.03. The normalized spacial score (nSPS) is 17.9. The first-order valence-corrected chi connectivity index (χ1v) is 7.54. The van der Waals surface area contributed by atoms with Crippen LogP contribution in [0.3, 0.4) is 0 Å². The van der Waals surface area contributed by atoms with Crippen molar-refractivity contribution in [3.63, 3.8) is 0 Å². The number of carbonyl (C=O) groups excluding carboxylic acids is 1. The minimum absolute atomic E-state index is 0.0643. The fraction of sp³-hybridized carbons (Fsp3) is 0.294. The second-order valence-corrected chi connectivity index (χ2v) is 5.79. The van der Waals surface area contributed by atoms with Crippen LogP contribution < -0.4 is 5.32 Å². The van der Waals surface area contributed by atoms with Gasteiger partial charge in [0.1, 0.15) is 5.15 Å². The molecule has 2 heterocycles. The predicted octanol–water partition coefficient (Wildman–Crippen LogP) is 3.24. The summed E-state index contributed by atoms with van der Waals surface area (Å²) in [5, 5.41) is 3.78. The van der Waals surface area contributed by atoms with Gasteiger partial charge in [0, 0.05) is 24.7 Å². The summed E-state index contributed by atoms with van der Waals surface area (Å²) in [6.45, 7) is 2.14. The van der Waals surface area contributed by atoms with Crippen molar-refractivity contribution in [3.8, 4) is 0 Å². The number of hydrogen-bond acceptors (Lipinski definition) is 3. The van der Waals surface area contributed by atoms with Crippen LogP contribution in [-0.2, 0) is 6.42 Å². The van der Waals surface area contributed by atoms with Gasteiger partial charge in [0.2, 0.25) is 0 Å². The molecule has 1 saturated heterocycles. The lowest BCUT2D eigenvalue weighted by Crippen LogP contribution is -2.08. The molecule has 0 bridgehead atoms. The Labute approximate surface area is 129 Å². The first-order chi connectivity index (χ1) is 10.2. The van der Waals surface area contributed by atoms with Gasteiger partial charge in [-0.1, -0.05) is 35.9 Å². The summed E-state index contributed by atoms with van der Waals surface area (Å²) in [7, 11) is 0. The Bertz CT molecular complexity index is 616. The molecular formula is C17H17ClN2O. The molecule has 0 amide bonds. The number of Topliss-reactive ketones (excluding diaryl/α,β-unsaturated/α-hetero) is 1. The molecule has 4 heteroatoms. The number of nitrogens with one attached hydrogen (secondary N) is 1. The summed E-state index contributed by atoms with van der Waals surface area (Å²) in [5.74, 6) is 0.671. The van der Waals surface area contributed by atoms with E-state index >= 15 is 0 Å². The van der Waals surface area contributed by atoms with Gasteiger partial charge >= 0.3 is 0 Å². The third-order valence-electron chi connectivity index (χ3n) is 3.93. The lowest BCUT2D eigenvalue weighted by Gasteiger charge is -2.09. The molecule has 0 saturated carbocycles. The van der Waals surface area contributed by atoms with Crippen molar-refractivity contribution in [2.24, 2.45) is 0 Å². The Kier molecular flexibility index (Phi) is 4.32. The van der Waals surface area contributed by atoms with Gasteiger partial charge < -0.3 is 5.32 Å². The van der Waals surface area contributed by atoms with Crippen molar-refractivity contribution in [2.45, 2.75) is 18.8 Å². The number of hydrogen-bond donors (Lipinski definition) is 1. The molecule has 0 spiro atoms. The van der Waals surface area contributed by atoms with E-state index in [1.807, 2.05) is 0 Å². The number of pyridine rings is 1. The molecule has 108 valence electrons. The van der Waals surface area contributed by atoms with Crippen molar-refractivity contribution in [1.82, 2.24) is 10.3 Å². The first kappa shape index (κ1) is 14.2. The van der Waals surface area contributed by atoms with E-state index in [2.05, 4.69) is 34.6 Å². The van der Waals surface area contributed by atoms with E-state index in [0.29, 0.717) is 23.1 Å². The van der Waals surface area contributed by atoms with Crippen molar-refractivity contribution in [2.75, 3.05) is 13.1 Å². The molecule has 1 aliphatic heterocycles. The molecule has 1 N–H and O–H groups in total. The Morgan fingerprint density at radius 3 is 2.67 bits per heavy atom. The molecule has 1 fully saturated rings. The molecule has 1 unspecified atom stereocenters. The van der Waals surface area contributed by atoms with Crippen molar-refractivity contribution in [1.29, 1.82) is 0 Å². The lowest BCUT2D eigenvalue weighted by molar-refractivity contribution is 0.0992. The summed E-state index contributed by atoms with van der Waals surface area (Å²) >= 11 is 5.73. The van der Waals surface area contributed by atoms with Gasteiger partial charge in [0.25, 0.3) is 0 Å². The molecule has 1 aromatic heterocycles. The summed E-state index contributed by atoms with van der Waals surface area (Å²) in [4.78, 5) is 16.1. The fourth-order valence-corrected chi connectivity index (χ4v) is 2.79. The van der Waals surface area contributed by atoms with Crippen molar-refractivity contribution < 1.29 is 4.79 Å². The molecule has 21 heavy (non-hydrogen) atoms. The topological polar surface area (TPSA) is 42.0 Å². The average molecular weight is 301 g/mol. The quantitative estimate of drug-likeness (QED) is 0.696. The number of rotatable bonds is 4.